The summed E-state index contributed by atoms with van der Waals surface area (Å²) >= 11 is 0. The highest BCUT2D eigenvalue weighted by Gasteiger charge is 2.30. The Bertz CT molecular complexity index is 859. The summed E-state index contributed by atoms with van der Waals surface area (Å²) in [5, 5.41) is 8.92. The normalized spacial score (nSPS) is 11.5. The van der Waals surface area contributed by atoms with Crippen molar-refractivity contribution in [1.29, 1.82) is 5.26 Å². The van der Waals surface area contributed by atoms with E-state index in [0.717, 1.165) is 12.1 Å². The predicted molar refractivity (Wildman–Crippen MR) is 68.1 cm³/mol. The molecule has 1 aromatic carbocycles. The fraction of sp³-hybridized carbons (Fsp3) is 0.0714. The first-order valence-electron chi connectivity index (χ1n) is 5.90. The fourth-order valence-corrected chi connectivity index (χ4v) is 2.07. The monoisotopic (exact) mass is 288 g/mol. The Morgan fingerprint density at radius 3 is 2.67 bits per heavy atom. The Morgan fingerprint density at radius 2 is 1.95 bits per heavy atom. The van der Waals surface area contributed by atoms with Gasteiger partial charge < -0.3 is 0 Å². The minimum absolute atomic E-state index is 0.129. The fourth-order valence-electron chi connectivity index (χ4n) is 2.07. The lowest BCUT2D eigenvalue weighted by atomic mass is 10.1. The van der Waals surface area contributed by atoms with E-state index >= 15 is 0 Å². The maximum absolute atomic E-state index is 12.8. The molecule has 7 heteroatoms. The van der Waals surface area contributed by atoms with E-state index in [4.69, 9.17) is 5.26 Å². The third-order valence-electron chi connectivity index (χ3n) is 3.02. The minimum Gasteiger partial charge on any atom is -0.282 e. The first-order valence-corrected chi connectivity index (χ1v) is 5.90. The quantitative estimate of drug-likeness (QED) is 0.690. The molecule has 0 aliphatic carbocycles. The highest BCUT2D eigenvalue weighted by Crippen LogP contribution is 2.32. The number of imidazole rings is 1. The summed E-state index contributed by atoms with van der Waals surface area (Å²) in [5.74, 6) is 0. The number of nitrogens with zero attached hydrogens (tertiary/aromatic N) is 4. The SMILES string of the molecule is N#Cc1ncn2c(-c3cccc(C(F)(F)F)c3)ccnc12. The molecule has 2 heterocycles. The molecule has 0 N–H and O–H groups in total. The van der Waals surface area contributed by atoms with Crippen molar-refractivity contribution in [2.24, 2.45) is 0 Å². The average Bonchev–Trinajstić information content (AvgIpc) is 2.89. The number of fused-ring (bicyclic) bond motifs is 1. The van der Waals surface area contributed by atoms with Crippen LogP contribution in [0, 0.1) is 11.3 Å². The van der Waals surface area contributed by atoms with Gasteiger partial charge in [0.05, 0.1) is 11.3 Å². The van der Waals surface area contributed by atoms with Crippen LogP contribution >= 0.6 is 0 Å². The second-order valence-corrected chi connectivity index (χ2v) is 4.31. The third-order valence-corrected chi connectivity index (χ3v) is 3.02. The molecule has 3 rings (SSSR count). The minimum atomic E-state index is -4.41. The van der Waals surface area contributed by atoms with Crippen LogP contribution in [0.3, 0.4) is 0 Å². The van der Waals surface area contributed by atoms with E-state index in [9.17, 15) is 13.2 Å². The Balaban J connectivity index is 2.22. The van der Waals surface area contributed by atoms with Gasteiger partial charge >= 0.3 is 6.18 Å². The number of hydrogen-bond donors (Lipinski definition) is 0. The second kappa shape index (κ2) is 4.59. The molecule has 104 valence electrons. The van der Waals surface area contributed by atoms with E-state index in [0.29, 0.717) is 16.9 Å². The van der Waals surface area contributed by atoms with E-state index in [1.165, 1.54) is 23.0 Å². The molecule has 0 atom stereocenters. The maximum Gasteiger partial charge on any atom is 0.416 e. The third kappa shape index (κ3) is 2.21. The van der Waals surface area contributed by atoms with Gasteiger partial charge in [-0.15, -0.1) is 0 Å². The van der Waals surface area contributed by atoms with Crippen molar-refractivity contribution in [3.05, 3.63) is 54.1 Å². The highest BCUT2D eigenvalue weighted by molar-refractivity contribution is 5.65. The summed E-state index contributed by atoms with van der Waals surface area (Å²) in [6, 6.07) is 8.44. The molecule has 3 aromatic rings. The van der Waals surface area contributed by atoms with Crippen molar-refractivity contribution in [1.82, 2.24) is 14.4 Å². The van der Waals surface area contributed by atoms with E-state index in [-0.39, 0.29) is 5.69 Å². The zero-order valence-corrected chi connectivity index (χ0v) is 10.5. The molecular formula is C14H7F3N4. The van der Waals surface area contributed by atoms with Crippen molar-refractivity contribution in [2.75, 3.05) is 0 Å². The molecule has 0 aliphatic heterocycles. The summed E-state index contributed by atoms with van der Waals surface area (Å²) in [5.41, 5.74) is 0.570. The number of nitriles is 1. The van der Waals surface area contributed by atoms with E-state index < -0.39 is 11.7 Å². The zero-order valence-electron chi connectivity index (χ0n) is 10.5. The molecule has 4 nitrogen and oxygen atoms in total. The van der Waals surface area contributed by atoms with Crippen molar-refractivity contribution in [3.63, 3.8) is 0 Å². The van der Waals surface area contributed by atoms with Crippen LogP contribution < -0.4 is 0 Å². The molecule has 0 saturated carbocycles. The van der Waals surface area contributed by atoms with Gasteiger partial charge in [0.25, 0.3) is 0 Å². The molecule has 0 fully saturated rings. The summed E-state index contributed by atoms with van der Waals surface area (Å²) < 4.78 is 39.8. The maximum atomic E-state index is 12.8. The van der Waals surface area contributed by atoms with Crippen molar-refractivity contribution < 1.29 is 13.2 Å². The van der Waals surface area contributed by atoms with Gasteiger partial charge in [-0.25, -0.2) is 9.97 Å². The molecule has 21 heavy (non-hydrogen) atoms. The first-order chi connectivity index (χ1) is 10.0. The van der Waals surface area contributed by atoms with Crippen molar-refractivity contribution in [3.8, 4) is 17.3 Å². The molecular weight excluding hydrogens is 281 g/mol. The van der Waals surface area contributed by atoms with Crippen molar-refractivity contribution >= 4 is 5.65 Å². The Morgan fingerprint density at radius 1 is 1.14 bits per heavy atom. The van der Waals surface area contributed by atoms with Crippen LogP contribution in [0.5, 0.6) is 0 Å². The lowest BCUT2D eigenvalue weighted by Gasteiger charge is -2.10. The van der Waals surface area contributed by atoms with Crippen LogP contribution in [0.4, 0.5) is 13.2 Å². The topological polar surface area (TPSA) is 54.0 Å². The molecule has 0 amide bonds. The van der Waals surface area contributed by atoms with Gasteiger partial charge in [0.15, 0.2) is 11.3 Å². The van der Waals surface area contributed by atoms with Gasteiger partial charge in [-0.3, -0.25) is 4.40 Å². The van der Waals surface area contributed by atoms with Crippen LogP contribution in [-0.4, -0.2) is 14.4 Å². The summed E-state index contributed by atoms with van der Waals surface area (Å²) in [7, 11) is 0. The van der Waals surface area contributed by atoms with Crippen LogP contribution in [0.1, 0.15) is 11.3 Å². The van der Waals surface area contributed by atoms with Crippen molar-refractivity contribution in [2.45, 2.75) is 6.18 Å². The number of halogens is 3. The number of rotatable bonds is 1. The number of hydrogen-bond acceptors (Lipinski definition) is 3. The standard InChI is InChI=1S/C14H7F3N4/c15-14(16,17)10-3-1-2-9(6-10)12-4-5-19-13-11(7-18)20-8-21(12)13/h1-6,8H. The Labute approximate surface area is 117 Å². The van der Waals surface area contributed by atoms with Crippen LogP contribution in [0.2, 0.25) is 0 Å². The lowest BCUT2D eigenvalue weighted by molar-refractivity contribution is -0.137. The van der Waals surface area contributed by atoms with Gasteiger partial charge in [0.1, 0.15) is 12.4 Å². The van der Waals surface area contributed by atoms with Gasteiger partial charge in [-0.05, 0) is 23.8 Å². The number of alkyl halides is 3. The highest BCUT2D eigenvalue weighted by atomic mass is 19.4. The largest absolute Gasteiger partial charge is 0.416 e. The van der Waals surface area contributed by atoms with Gasteiger partial charge in [-0.1, -0.05) is 12.1 Å². The predicted octanol–water partition coefficient (Wildman–Crippen LogP) is 3.29. The molecule has 0 saturated heterocycles. The van der Waals surface area contributed by atoms with Gasteiger partial charge in [0, 0.05) is 6.20 Å². The second-order valence-electron chi connectivity index (χ2n) is 4.31. The average molecular weight is 288 g/mol. The first kappa shape index (κ1) is 13.1. The number of benzene rings is 1. The van der Waals surface area contributed by atoms with E-state index in [2.05, 4.69) is 9.97 Å². The molecule has 0 aliphatic rings. The van der Waals surface area contributed by atoms with Gasteiger partial charge in [0.2, 0.25) is 0 Å². The Hall–Kier alpha value is -2.88. The number of aromatic nitrogens is 3. The molecule has 2 aromatic heterocycles. The molecule has 0 spiro atoms. The molecule has 0 radical (unpaired) electrons. The summed E-state index contributed by atoms with van der Waals surface area (Å²) in [4.78, 5) is 7.91. The zero-order chi connectivity index (χ0) is 15.0. The molecule has 0 unspecified atom stereocenters. The smallest absolute Gasteiger partial charge is 0.282 e. The van der Waals surface area contributed by atoms with Crippen LogP contribution in [0.15, 0.2) is 42.9 Å². The lowest BCUT2D eigenvalue weighted by Crippen LogP contribution is -2.05. The van der Waals surface area contributed by atoms with E-state index in [1.54, 1.807) is 12.1 Å². The van der Waals surface area contributed by atoms with Crippen LogP contribution in [0.25, 0.3) is 16.9 Å². The molecule has 0 bridgehead atoms. The summed E-state index contributed by atoms with van der Waals surface area (Å²) in [6.07, 6.45) is -1.60. The summed E-state index contributed by atoms with van der Waals surface area (Å²) in [6.45, 7) is 0. The van der Waals surface area contributed by atoms with E-state index in [1.807, 2.05) is 6.07 Å². The van der Waals surface area contributed by atoms with Gasteiger partial charge in [-0.2, -0.15) is 18.4 Å². The van der Waals surface area contributed by atoms with Crippen LogP contribution in [-0.2, 0) is 6.18 Å². The Kier molecular flexibility index (Phi) is 2.87.